The van der Waals surface area contributed by atoms with Gasteiger partial charge in [-0.3, -0.25) is 4.79 Å². The van der Waals surface area contributed by atoms with Gasteiger partial charge in [-0.05, 0) is 6.92 Å². The molecule has 0 amide bonds. The summed E-state index contributed by atoms with van der Waals surface area (Å²) >= 11 is 0. The lowest BCUT2D eigenvalue weighted by atomic mass is 10.1. The van der Waals surface area contributed by atoms with Crippen LogP contribution in [-0.2, 0) is 0 Å². The van der Waals surface area contributed by atoms with E-state index in [0.29, 0.717) is 11.5 Å². The monoisotopic (exact) mass is 215 g/mol. The van der Waals surface area contributed by atoms with Crippen LogP contribution in [0.5, 0.6) is 0 Å². The van der Waals surface area contributed by atoms with Crippen molar-refractivity contribution in [2.45, 2.75) is 13.0 Å². The molecule has 2 rings (SSSR count). The summed E-state index contributed by atoms with van der Waals surface area (Å²) in [5.74, 6) is 0.506. The van der Waals surface area contributed by atoms with Gasteiger partial charge in [-0.25, -0.2) is 4.98 Å². The van der Waals surface area contributed by atoms with Crippen LogP contribution in [0.25, 0.3) is 11.3 Å². The molecule has 4 nitrogen and oxygen atoms in total. The van der Waals surface area contributed by atoms with E-state index in [-0.39, 0.29) is 11.6 Å². The quantitative estimate of drug-likeness (QED) is 0.796. The third kappa shape index (κ3) is 2.17. The van der Waals surface area contributed by atoms with Gasteiger partial charge >= 0.3 is 0 Å². The zero-order valence-electron chi connectivity index (χ0n) is 8.97. The highest BCUT2D eigenvalue weighted by molar-refractivity contribution is 5.58. The first kappa shape index (κ1) is 10.6. The molecule has 0 aliphatic carbocycles. The van der Waals surface area contributed by atoms with Gasteiger partial charge in [0.25, 0.3) is 5.56 Å². The predicted octanol–water partition coefficient (Wildman–Crippen LogP) is 1.46. The van der Waals surface area contributed by atoms with Crippen LogP contribution in [0.4, 0.5) is 0 Å². The van der Waals surface area contributed by atoms with Crippen molar-refractivity contribution in [3.05, 3.63) is 52.6 Å². The van der Waals surface area contributed by atoms with Crippen molar-refractivity contribution >= 4 is 0 Å². The van der Waals surface area contributed by atoms with E-state index >= 15 is 0 Å². The molecule has 0 spiro atoms. The number of aromatic amines is 1. The molecule has 0 fully saturated rings. The minimum absolute atomic E-state index is 0.179. The molecule has 1 heterocycles. The first-order valence-corrected chi connectivity index (χ1v) is 5.09. The molecule has 0 aliphatic rings. The van der Waals surface area contributed by atoms with Gasteiger partial charge in [-0.15, -0.1) is 0 Å². The maximum atomic E-state index is 11.4. The summed E-state index contributed by atoms with van der Waals surface area (Å²) in [4.78, 5) is 18.4. The Balaban J connectivity index is 2.54. The molecule has 1 atom stereocenters. The van der Waals surface area contributed by atoms with Crippen molar-refractivity contribution in [3.63, 3.8) is 0 Å². The molecule has 1 unspecified atom stereocenters. The van der Waals surface area contributed by atoms with Gasteiger partial charge in [0.1, 0.15) is 5.82 Å². The lowest BCUT2D eigenvalue weighted by molar-refractivity contribution is 0.735. The fraction of sp³-hybridized carbons (Fsp3) is 0.167. The van der Waals surface area contributed by atoms with Gasteiger partial charge in [0.05, 0.1) is 11.7 Å². The van der Waals surface area contributed by atoms with E-state index < -0.39 is 0 Å². The number of nitrogens with one attached hydrogen (secondary N) is 1. The van der Waals surface area contributed by atoms with E-state index in [0.717, 1.165) is 5.56 Å². The Bertz CT molecular complexity index is 531. The molecule has 4 heteroatoms. The molecule has 3 N–H and O–H groups in total. The molecule has 0 saturated carbocycles. The van der Waals surface area contributed by atoms with Crippen molar-refractivity contribution in [2.24, 2.45) is 5.73 Å². The van der Waals surface area contributed by atoms with E-state index in [1.807, 2.05) is 30.3 Å². The fourth-order valence-corrected chi connectivity index (χ4v) is 1.45. The van der Waals surface area contributed by atoms with E-state index in [1.54, 1.807) is 6.92 Å². The Morgan fingerprint density at radius 1 is 1.31 bits per heavy atom. The van der Waals surface area contributed by atoms with Gasteiger partial charge in [0.15, 0.2) is 0 Å². The second kappa shape index (κ2) is 4.28. The Morgan fingerprint density at radius 2 is 2.00 bits per heavy atom. The summed E-state index contributed by atoms with van der Waals surface area (Å²) in [6.45, 7) is 1.78. The van der Waals surface area contributed by atoms with Crippen LogP contribution in [-0.4, -0.2) is 9.97 Å². The molecule has 1 aromatic carbocycles. The average molecular weight is 215 g/mol. The van der Waals surface area contributed by atoms with Crippen LogP contribution in [0.1, 0.15) is 18.8 Å². The van der Waals surface area contributed by atoms with Gasteiger partial charge < -0.3 is 10.7 Å². The number of nitrogens with two attached hydrogens (primary N) is 1. The van der Waals surface area contributed by atoms with E-state index in [1.165, 1.54) is 6.07 Å². The Hall–Kier alpha value is -1.94. The number of hydrogen-bond donors (Lipinski definition) is 2. The largest absolute Gasteiger partial charge is 0.322 e. The summed E-state index contributed by atoms with van der Waals surface area (Å²) < 4.78 is 0. The molecular weight excluding hydrogens is 202 g/mol. The molecular formula is C12H13N3O. The van der Waals surface area contributed by atoms with Gasteiger partial charge in [0, 0.05) is 11.6 Å². The first-order chi connectivity index (χ1) is 7.66. The van der Waals surface area contributed by atoms with Crippen molar-refractivity contribution in [2.75, 3.05) is 0 Å². The van der Waals surface area contributed by atoms with Crippen molar-refractivity contribution in [1.29, 1.82) is 0 Å². The minimum Gasteiger partial charge on any atom is -0.322 e. The van der Waals surface area contributed by atoms with Crippen molar-refractivity contribution < 1.29 is 0 Å². The summed E-state index contributed by atoms with van der Waals surface area (Å²) in [5, 5.41) is 0. The normalized spacial score (nSPS) is 12.4. The molecule has 0 aliphatic heterocycles. The highest BCUT2D eigenvalue weighted by atomic mass is 16.1. The van der Waals surface area contributed by atoms with Crippen LogP contribution in [0, 0.1) is 0 Å². The average Bonchev–Trinajstić information content (AvgIpc) is 2.29. The Labute approximate surface area is 93.2 Å². The molecule has 1 aromatic heterocycles. The second-order valence-corrected chi connectivity index (χ2v) is 3.67. The lowest BCUT2D eigenvalue weighted by Gasteiger charge is -2.06. The van der Waals surface area contributed by atoms with Crippen LogP contribution in [0.3, 0.4) is 0 Å². The van der Waals surface area contributed by atoms with Gasteiger partial charge in [0.2, 0.25) is 0 Å². The van der Waals surface area contributed by atoms with E-state index in [4.69, 9.17) is 5.73 Å². The summed E-state index contributed by atoms with van der Waals surface area (Å²) in [6, 6.07) is 10.7. The van der Waals surface area contributed by atoms with Crippen LogP contribution < -0.4 is 11.3 Å². The van der Waals surface area contributed by atoms with Crippen LogP contribution in [0.15, 0.2) is 41.2 Å². The topological polar surface area (TPSA) is 71.8 Å². The van der Waals surface area contributed by atoms with Crippen molar-refractivity contribution in [1.82, 2.24) is 9.97 Å². The third-order valence-corrected chi connectivity index (χ3v) is 2.26. The van der Waals surface area contributed by atoms with Crippen LogP contribution in [0.2, 0.25) is 0 Å². The molecule has 16 heavy (non-hydrogen) atoms. The maximum absolute atomic E-state index is 11.4. The number of aromatic nitrogens is 2. The SMILES string of the molecule is CC(N)c1nc(-c2ccccc2)cc(=O)[nH]1. The minimum atomic E-state index is -0.281. The molecule has 0 saturated heterocycles. The highest BCUT2D eigenvalue weighted by Crippen LogP contribution is 2.15. The first-order valence-electron chi connectivity index (χ1n) is 5.09. The Morgan fingerprint density at radius 3 is 2.62 bits per heavy atom. The highest BCUT2D eigenvalue weighted by Gasteiger charge is 2.06. The van der Waals surface area contributed by atoms with Crippen LogP contribution >= 0.6 is 0 Å². The fourth-order valence-electron chi connectivity index (χ4n) is 1.45. The zero-order chi connectivity index (χ0) is 11.5. The third-order valence-electron chi connectivity index (χ3n) is 2.26. The number of nitrogens with zero attached hydrogens (tertiary/aromatic N) is 1. The van der Waals surface area contributed by atoms with Gasteiger partial charge in [-0.1, -0.05) is 30.3 Å². The number of rotatable bonds is 2. The van der Waals surface area contributed by atoms with E-state index in [2.05, 4.69) is 9.97 Å². The predicted molar refractivity (Wildman–Crippen MR) is 62.9 cm³/mol. The maximum Gasteiger partial charge on any atom is 0.251 e. The summed E-state index contributed by atoms with van der Waals surface area (Å²) in [6.07, 6.45) is 0. The Kier molecular flexibility index (Phi) is 2.83. The van der Waals surface area contributed by atoms with Gasteiger partial charge in [-0.2, -0.15) is 0 Å². The number of benzene rings is 1. The molecule has 82 valence electrons. The number of hydrogen-bond acceptors (Lipinski definition) is 3. The summed E-state index contributed by atoms with van der Waals surface area (Å²) in [5.41, 5.74) is 7.08. The second-order valence-electron chi connectivity index (χ2n) is 3.67. The van der Waals surface area contributed by atoms with Crippen molar-refractivity contribution in [3.8, 4) is 11.3 Å². The molecule has 2 aromatic rings. The molecule has 0 bridgehead atoms. The standard InChI is InChI=1S/C12H13N3O/c1-8(13)12-14-10(7-11(16)15-12)9-5-3-2-4-6-9/h2-8H,13H2,1H3,(H,14,15,16). The smallest absolute Gasteiger partial charge is 0.251 e. The number of H-pyrrole nitrogens is 1. The summed E-state index contributed by atoms with van der Waals surface area (Å²) in [7, 11) is 0. The zero-order valence-corrected chi connectivity index (χ0v) is 8.97. The molecule has 0 radical (unpaired) electrons. The van der Waals surface area contributed by atoms with E-state index in [9.17, 15) is 4.79 Å². The lowest BCUT2D eigenvalue weighted by Crippen LogP contribution is -2.17.